The highest BCUT2D eigenvalue weighted by molar-refractivity contribution is 6.03. The number of methoxy groups -OCH3 is 2. The summed E-state index contributed by atoms with van der Waals surface area (Å²) in [6.45, 7) is 6.22. The molecule has 2 aromatic carbocycles. The van der Waals surface area contributed by atoms with E-state index in [1.54, 1.807) is 14.2 Å². The quantitative estimate of drug-likeness (QED) is 0.641. The number of nitrogens with one attached hydrogen (secondary N) is 1. The number of hydrogen-bond acceptors (Lipinski definition) is 5. The van der Waals surface area contributed by atoms with Crippen molar-refractivity contribution < 1.29 is 19.1 Å². The van der Waals surface area contributed by atoms with Crippen molar-refractivity contribution in [1.29, 1.82) is 0 Å². The van der Waals surface area contributed by atoms with Gasteiger partial charge in [-0.25, -0.2) is 9.80 Å². The van der Waals surface area contributed by atoms with Crippen LogP contribution in [0.15, 0.2) is 59.7 Å². The van der Waals surface area contributed by atoms with E-state index in [4.69, 9.17) is 14.6 Å². The van der Waals surface area contributed by atoms with Gasteiger partial charge in [0.1, 0.15) is 12.3 Å². The Hall–Kier alpha value is -3.39. The maximum atomic E-state index is 13.5. The zero-order valence-electron chi connectivity index (χ0n) is 20.6. The fourth-order valence-corrected chi connectivity index (χ4v) is 3.72. The molecule has 8 heteroatoms. The van der Waals surface area contributed by atoms with E-state index in [1.165, 1.54) is 9.91 Å². The summed E-state index contributed by atoms with van der Waals surface area (Å²) in [5, 5.41) is 9.15. The zero-order chi connectivity index (χ0) is 24.7. The topological polar surface area (TPSA) is 83.5 Å². The molecule has 8 nitrogen and oxygen atoms in total. The van der Waals surface area contributed by atoms with Crippen LogP contribution in [0.1, 0.15) is 44.4 Å². The van der Waals surface area contributed by atoms with Gasteiger partial charge in [0.05, 0.1) is 25.5 Å². The lowest BCUT2D eigenvalue weighted by Gasteiger charge is -2.30. The largest absolute Gasteiger partial charge is 0.497 e. The molecule has 34 heavy (non-hydrogen) atoms. The highest BCUT2D eigenvalue weighted by Gasteiger charge is 2.34. The molecule has 0 aromatic heterocycles. The van der Waals surface area contributed by atoms with Crippen LogP contribution in [-0.2, 0) is 9.53 Å². The molecule has 2 aromatic rings. The van der Waals surface area contributed by atoms with Gasteiger partial charge < -0.3 is 19.7 Å². The minimum atomic E-state index is -0.425. The summed E-state index contributed by atoms with van der Waals surface area (Å²) in [7, 11) is 3.19. The lowest BCUT2D eigenvalue weighted by molar-refractivity contribution is -0.133. The van der Waals surface area contributed by atoms with Gasteiger partial charge in [0, 0.05) is 25.6 Å². The molecule has 1 aliphatic heterocycles. The van der Waals surface area contributed by atoms with Crippen LogP contribution in [0, 0.1) is 0 Å². The van der Waals surface area contributed by atoms with Crippen molar-refractivity contribution in [3.63, 3.8) is 0 Å². The molecule has 1 N–H and O–H groups in total. The number of nitrogens with zero attached hydrogens (tertiary/aromatic N) is 3. The Bertz CT molecular complexity index is 1000. The first-order chi connectivity index (χ1) is 16.2. The van der Waals surface area contributed by atoms with Crippen LogP contribution < -0.4 is 10.1 Å². The lowest BCUT2D eigenvalue weighted by atomic mass is 9.98. The minimum Gasteiger partial charge on any atom is -0.497 e. The van der Waals surface area contributed by atoms with Crippen LogP contribution in [0.5, 0.6) is 5.75 Å². The van der Waals surface area contributed by atoms with Crippen molar-refractivity contribution in [3.8, 4) is 5.75 Å². The molecule has 0 radical (unpaired) electrons. The lowest BCUT2D eigenvalue weighted by Crippen LogP contribution is -2.52. The van der Waals surface area contributed by atoms with Crippen LogP contribution in [0.3, 0.4) is 0 Å². The fourth-order valence-electron chi connectivity index (χ4n) is 3.72. The maximum Gasteiger partial charge on any atom is 0.318 e. The molecule has 3 rings (SSSR count). The second-order valence-electron chi connectivity index (χ2n) is 9.24. The standard InChI is InChI=1S/C26H34N4O4/c1-26(2,3)27-25(32)29(15-16-33-4)18-24(31)30-23(20-9-7-6-8-10-20)17-22(28-30)19-11-13-21(34-5)14-12-19/h6-14,23H,15-18H2,1-5H3,(H,27,32)/t23-/m0/s1. The number of hydrazone groups is 1. The molecule has 0 aliphatic carbocycles. The number of carbonyl (C=O) groups is 2. The van der Waals surface area contributed by atoms with Crippen LogP contribution in [0.25, 0.3) is 0 Å². The number of rotatable bonds is 8. The van der Waals surface area contributed by atoms with Gasteiger partial charge in [0.25, 0.3) is 5.91 Å². The Morgan fingerprint density at radius 3 is 2.35 bits per heavy atom. The van der Waals surface area contributed by atoms with Crippen LogP contribution in [0.2, 0.25) is 0 Å². The van der Waals surface area contributed by atoms with Crippen LogP contribution in [0.4, 0.5) is 4.79 Å². The predicted molar refractivity (Wildman–Crippen MR) is 132 cm³/mol. The second kappa shape index (κ2) is 11.2. The van der Waals surface area contributed by atoms with Crippen molar-refractivity contribution in [2.24, 2.45) is 5.10 Å². The molecule has 182 valence electrons. The summed E-state index contributed by atoms with van der Waals surface area (Å²) < 4.78 is 10.4. The van der Waals surface area contributed by atoms with E-state index in [2.05, 4.69) is 5.32 Å². The van der Waals surface area contributed by atoms with Crippen LogP contribution >= 0.6 is 0 Å². The van der Waals surface area contributed by atoms with E-state index in [0.29, 0.717) is 19.6 Å². The summed E-state index contributed by atoms with van der Waals surface area (Å²) in [5.74, 6) is 0.506. The Morgan fingerprint density at radius 2 is 1.76 bits per heavy atom. The highest BCUT2D eigenvalue weighted by Crippen LogP contribution is 2.33. The molecule has 0 fully saturated rings. The van der Waals surface area contributed by atoms with Crippen molar-refractivity contribution in [1.82, 2.24) is 15.2 Å². The van der Waals surface area contributed by atoms with Gasteiger partial charge in [-0.3, -0.25) is 4.79 Å². The summed E-state index contributed by atoms with van der Waals surface area (Å²) >= 11 is 0. The third-order valence-electron chi connectivity index (χ3n) is 5.43. The number of urea groups is 1. The molecular weight excluding hydrogens is 432 g/mol. The minimum absolute atomic E-state index is 0.103. The van der Waals surface area contributed by atoms with Gasteiger partial charge >= 0.3 is 6.03 Å². The summed E-state index contributed by atoms with van der Waals surface area (Å²) in [6.07, 6.45) is 0.578. The van der Waals surface area contributed by atoms with E-state index in [0.717, 1.165) is 22.6 Å². The van der Waals surface area contributed by atoms with Gasteiger partial charge in [-0.1, -0.05) is 30.3 Å². The van der Waals surface area contributed by atoms with E-state index in [1.807, 2.05) is 75.4 Å². The van der Waals surface area contributed by atoms with Gasteiger partial charge in [0.2, 0.25) is 0 Å². The fraction of sp³-hybridized carbons (Fsp3) is 0.423. The third kappa shape index (κ3) is 6.57. The molecule has 3 amide bonds. The van der Waals surface area contributed by atoms with E-state index >= 15 is 0 Å². The normalized spacial score (nSPS) is 15.6. The van der Waals surface area contributed by atoms with Crippen molar-refractivity contribution in [3.05, 3.63) is 65.7 Å². The first-order valence-corrected chi connectivity index (χ1v) is 11.4. The second-order valence-corrected chi connectivity index (χ2v) is 9.24. The van der Waals surface area contributed by atoms with Crippen LogP contribution in [-0.4, -0.2) is 67.0 Å². The summed E-state index contributed by atoms with van der Waals surface area (Å²) in [5.41, 5.74) is 2.31. The molecule has 0 saturated carbocycles. The number of ether oxygens (including phenoxy) is 2. The number of benzene rings is 2. The number of carbonyl (C=O) groups excluding carboxylic acids is 2. The third-order valence-corrected chi connectivity index (χ3v) is 5.43. The molecular formula is C26H34N4O4. The van der Waals surface area contributed by atoms with Crippen molar-refractivity contribution >= 4 is 17.6 Å². The Labute approximate surface area is 201 Å². The first kappa shape index (κ1) is 25.2. The average Bonchev–Trinajstić information content (AvgIpc) is 3.27. The Kier molecular flexibility index (Phi) is 8.28. The SMILES string of the molecule is COCCN(CC(=O)N1N=C(c2ccc(OC)cc2)C[C@H]1c1ccccc1)C(=O)NC(C)(C)C. The molecule has 0 spiro atoms. The predicted octanol–water partition coefficient (Wildman–Crippen LogP) is 3.83. The monoisotopic (exact) mass is 466 g/mol. The van der Waals surface area contributed by atoms with Gasteiger partial charge in [-0.15, -0.1) is 0 Å². The highest BCUT2D eigenvalue weighted by atomic mass is 16.5. The summed E-state index contributed by atoms with van der Waals surface area (Å²) in [6, 6.07) is 16.9. The average molecular weight is 467 g/mol. The van der Waals surface area contributed by atoms with Gasteiger partial charge in [-0.05, 0) is 56.2 Å². The van der Waals surface area contributed by atoms with Gasteiger partial charge in [-0.2, -0.15) is 5.10 Å². The molecule has 0 bridgehead atoms. The van der Waals surface area contributed by atoms with E-state index < -0.39 is 5.54 Å². The molecule has 0 unspecified atom stereocenters. The molecule has 1 atom stereocenters. The maximum absolute atomic E-state index is 13.5. The smallest absolute Gasteiger partial charge is 0.318 e. The van der Waals surface area contributed by atoms with E-state index in [9.17, 15) is 9.59 Å². The zero-order valence-corrected chi connectivity index (χ0v) is 20.6. The van der Waals surface area contributed by atoms with Crippen molar-refractivity contribution in [2.45, 2.75) is 38.8 Å². The first-order valence-electron chi connectivity index (χ1n) is 11.4. The number of amides is 3. The van der Waals surface area contributed by atoms with Gasteiger partial charge in [0.15, 0.2) is 0 Å². The van der Waals surface area contributed by atoms with Crippen molar-refractivity contribution in [2.75, 3.05) is 33.9 Å². The number of hydrogen-bond donors (Lipinski definition) is 1. The molecule has 1 aliphatic rings. The van der Waals surface area contributed by atoms with E-state index in [-0.39, 0.29) is 24.5 Å². The molecule has 1 heterocycles. The molecule has 0 saturated heterocycles. The Balaban J connectivity index is 1.86. The Morgan fingerprint density at radius 1 is 1.09 bits per heavy atom. The summed E-state index contributed by atoms with van der Waals surface area (Å²) in [4.78, 5) is 27.8.